The van der Waals surface area contributed by atoms with E-state index in [0.29, 0.717) is 45.0 Å². The number of rotatable bonds is 8. The van der Waals surface area contributed by atoms with Gasteiger partial charge in [-0.1, -0.05) is 6.07 Å². The van der Waals surface area contributed by atoms with Crippen LogP contribution in [0.5, 0.6) is 5.75 Å². The second-order valence-electron chi connectivity index (χ2n) is 7.71. The number of carboxylic acid groups (broad SMARTS) is 1. The Labute approximate surface area is 186 Å². The van der Waals surface area contributed by atoms with Crippen LogP contribution in [-0.4, -0.2) is 46.5 Å². The molecule has 8 heteroatoms. The molecule has 1 aliphatic heterocycles. The third-order valence-electron chi connectivity index (χ3n) is 5.56. The molecule has 0 saturated carbocycles. The largest absolute Gasteiger partial charge is 0.493 e. The number of aromatic nitrogens is 2. The van der Waals surface area contributed by atoms with Gasteiger partial charge in [0.05, 0.1) is 19.6 Å². The molecule has 0 spiro atoms. The van der Waals surface area contributed by atoms with Crippen LogP contribution in [0.15, 0.2) is 42.6 Å². The number of ether oxygens (including phenoxy) is 2. The second kappa shape index (κ2) is 9.72. The molecule has 1 aromatic carbocycles. The van der Waals surface area contributed by atoms with Crippen LogP contribution in [0.4, 0.5) is 10.6 Å². The summed E-state index contributed by atoms with van der Waals surface area (Å²) in [5.74, 6) is 1.11. The van der Waals surface area contributed by atoms with Gasteiger partial charge in [-0.25, -0.2) is 9.78 Å². The van der Waals surface area contributed by atoms with Crippen LogP contribution in [0.1, 0.15) is 31.0 Å². The minimum absolute atomic E-state index is 0.198. The third-order valence-corrected chi connectivity index (χ3v) is 5.56. The Balaban J connectivity index is 1.36. The maximum absolute atomic E-state index is 11.6. The molecule has 1 aliphatic rings. The van der Waals surface area contributed by atoms with Crippen LogP contribution in [0.25, 0.3) is 10.9 Å². The third kappa shape index (κ3) is 4.85. The zero-order valence-corrected chi connectivity index (χ0v) is 18.1. The minimum atomic E-state index is -0.964. The lowest BCUT2D eigenvalue weighted by Gasteiger charge is -2.26. The molecule has 4 rings (SSSR count). The summed E-state index contributed by atoms with van der Waals surface area (Å²) in [4.78, 5) is 29.0. The number of benzene rings is 1. The maximum Gasteiger partial charge on any atom is 0.413 e. The molecule has 0 saturated heterocycles. The standard InChI is InChI=1S/C24H27N3O5/c1-2-31-22(28)10-14-26-13-9-18-16-20(7-8-21(18)26)32-15-11-19-6-5-17-4-3-12-27(24(29)30)23(17)25-19/h5-9,13,16H,2-4,10-12,14-15H2,1H3,(H,29,30). The number of pyridine rings is 1. The molecule has 32 heavy (non-hydrogen) atoms. The predicted octanol–water partition coefficient (Wildman–Crippen LogP) is 4.04. The SMILES string of the molecule is CCOC(=O)CCn1ccc2cc(OCCc3ccc4c(n3)N(C(=O)O)CCC4)ccc21. The summed E-state index contributed by atoms with van der Waals surface area (Å²) in [5.41, 5.74) is 2.82. The fraction of sp³-hybridized carbons (Fsp3) is 0.375. The van der Waals surface area contributed by atoms with Gasteiger partial charge in [0.1, 0.15) is 11.6 Å². The number of anilines is 1. The molecule has 0 atom stereocenters. The van der Waals surface area contributed by atoms with Gasteiger partial charge >= 0.3 is 12.1 Å². The predicted molar refractivity (Wildman–Crippen MR) is 120 cm³/mol. The quantitative estimate of drug-likeness (QED) is 0.535. The molecule has 168 valence electrons. The highest BCUT2D eigenvalue weighted by atomic mass is 16.5. The van der Waals surface area contributed by atoms with Crippen molar-refractivity contribution in [1.29, 1.82) is 0 Å². The number of esters is 1. The van der Waals surface area contributed by atoms with Gasteiger partial charge in [-0.3, -0.25) is 9.69 Å². The maximum atomic E-state index is 11.6. The number of carbonyl (C=O) groups excluding carboxylic acids is 1. The van der Waals surface area contributed by atoms with E-state index in [2.05, 4.69) is 4.98 Å². The fourth-order valence-electron chi connectivity index (χ4n) is 3.99. The van der Waals surface area contributed by atoms with Crippen LogP contribution >= 0.6 is 0 Å². The molecule has 0 fully saturated rings. The molecule has 1 amide bonds. The van der Waals surface area contributed by atoms with Crippen LogP contribution in [0, 0.1) is 0 Å². The smallest absolute Gasteiger partial charge is 0.413 e. The van der Waals surface area contributed by atoms with E-state index in [0.717, 1.165) is 40.8 Å². The van der Waals surface area contributed by atoms with E-state index < -0.39 is 6.09 Å². The van der Waals surface area contributed by atoms with Gasteiger partial charge in [-0.05, 0) is 55.7 Å². The van der Waals surface area contributed by atoms with E-state index in [1.165, 1.54) is 4.90 Å². The lowest BCUT2D eigenvalue weighted by atomic mass is 10.1. The van der Waals surface area contributed by atoms with E-state index >= 15 is 0 Å². The second-order valence-corrected chi connectivity index (χ2v) is 7.71. The monoisotopic (exact) mass is 437 g/mol. The molecule has 0 bridgehead atoms. The Kier molecular flexibility index (Phi) is 6.58. The average Bonchev–Trinajstić information content (AvgIpc) is 3.19. The summed E-state index contributed by atoms with van der Waals surface area (Å²) in [7, 11) is 0. The Morgan fingerprint density at radius 3 is 2.88 bits per heavy atom. The minimum Gasteiger partial charge on any atom is -0.493 e. The highest BCUT2D eigenvalue weighted by Gasteiger charge is 2.23. The van der Waals surface area contributed by atoms with Crippen molar-refractivity contribution in [2.45, 2.75) is 39.2 Å². The van der Waals surface area contributed by atoms with Gasteiger partial charge in [0, 0.05) is 42.3 Å². The topological polar surface area (TPSA) is 93.9 Å². The molecule has 0 radical (unpaired) electrons. The summed E-state index contributed by atoms with van der Waals surface area (Å²) in [6.45, 7) is 3.68. The van der Waals surface area contributed by atoms with Crippen molar-refractivity contribution in [1.82, 2.24) is 9.55 Å². The summed E-state index contributed by atoms with van der Waals surface area (Å²) in [6, 6.07) is 11.8. The number of carbonyl (C=O) groups is 2. The first-order chi connectivity index (χ1) is 15.5. The first-order valence-corrected chi connectivity index (χ1v) is 10.9. The lowest BCUT2D eigenvalue weighted by molar-refractivity contribution is -0.143. The van der Waals surface area contributed by atoms with Crippen molar-refractivity contribution >= 4 is 28.8 Å². The summed E-state index contributed by atoms with van der Waals surface area (Å²) >= 11 is 0. The van der Waals surface area contributed by atoms with Crippen molar-refractivity contribution in [3.8, 4) is 5.75 Å². The zero-order valence-electron chi connectivity index (χ0n) is 18.1. The van der Waals surface area contributed by atoms with E-state index in [1.54, 1.807) is 6.92 Å². The van der Waals surface area contributed by atoms with Crippen molar-refractivity contribution in [2.24, 2.45) is 0 Å². The fourth-order valence-corrected chi connectivity index (χ4v) is 3.99. The Morgan fingerprint density at radius 1 is 1.19 bits per heavy atom. The number of amides is 1. The Hall–Kier alpha value is -3.55. The molecule has 2 aromatic heterocycles. The number of hydrogen-bond acceptors (Lipinski definition) is 5. The molecule has 0 aliphatic carbocycles. The number of fused-ring (bicyclic) bond motifs is 2. The molecule has 3 heterocycles. The first kappa shape index (κ1) is 21.7. The molecular weight excluding hydrogens is 410 g/mol. The molecule has 0 unspecified atom stereocenters. The van der Waals surface area contributed by atoms with Crippen LogP contribution in [0.2, 0.25) is 0 Å². The summed E-state index contributed by atoms with van der Waals surface area (Å²) < 4.78 is 12.9. The van der Waals surface area contributed by atoms with E-state index in [-0.39, 0.29) is 5.97 Å². The number of hydrogen-bond donors (Lipinski definition) is 1. The van der Waals surface area contributed by atoms with Crippen molar-refractivity contribution in [3.05, 3.63) is 53.9 Å². The number of aryl methyl sites for hydroxylation is 2. The van der Waals surface area contributed by atoms with Gasteiger partial charge in [0.2, 0.25) is 0 Å². The lowest BCUT2D eigenvalue weighted by Crippen LogP contribution is -2.35. The van der Waals surface area contributed by atoms with Gasteiger partial charge < -0.3 is 19.1 Å². The van der Waals surface area contributed by atoms with Crippen LogP contribution < -0.4 is 9.64 Å². The van der Waals surface area contributed by atoms with E-state index in [4.69, 9.17) is 9.47 Å². The highest BCUT2D eigenvalue weighted by molar-refractivity contribution is 5.86. The molecule has 1 N–H and O–H groups in total. The van der Waals surface area contributed by atoms with Gasteiger partial charge in [0.15, 0.2) is 0 Å². The van der Waals surface area contributed by atoms with Gasteiger partial charge in [-0.2, -0.15) is 0 Å². The molecule has 3 aromatic rings. The molecule has 8 nitrogen and oxygen atoms in total. The normalized spacial score (nSPS) is 13.1. The van der Waals surface area contributed by atoms with Gasteiger partial charge in [-0.15, -0.1) is 0 Å². The first-order valence-electron chi connectivity index (χ1n) is 10.9. The van der Waals surface area contributed by atoms with E-state index in [9.17, 15) is 14.7 Å². The Bertz CT molecular complexity index is 1120. The van der Waals surface area contributed by atoms with Crippen LogP contribution in [-0.2, 0) is 28.9 Å². The van der Waals surface area contributed by atoms with Crippen molar-refractivity contribution in [2.75, 3.05) is 24.7 Å². The van der Waals surface area contributed by atoms with E-state index in [1.807, 2.05) is 47.2 Å². The zero-order chi connectivity index (χ0) is 22.5. The summed E-state index contributed by atoms with van der Waals surface area (Å²) in [6.07, 6.45) is 3.58. The van der Waals surface area contributed by atoms with Crippen molar-refractivity contribution < 1.29 is 24.2 Å². The van der Waals surface area contributed by atoms with Crippen LogP contribution in [0.3, 0.4) is 0 Å². The summed E-state index contributed by atoms with van der Waals surface area (Å²) in [5, 5.41) is 10.4. The Morgan fingerprint density at radius 2 is 2.06 bits per heavy atom. The van der Waals surface area contributed by atoms with Crippen molar-refractivity contribution in [3.63, 3.8) is 0 Å². The van der Waals surface area contributed by atoms with Gasteiger partial charge in [0.25, 0.3) is 0 Å². The number of nitrogens with zero attached hydrogens (tertiary/aromatic N) is 3. The average molecular weight is 437 g/mol. The molecular formula is C24H27N3O5. The highest BCUT2D eigenvalue weighted by Crippen LogP contribution is 2.26.